The molecule has 6 heteroatoms. The van der Waals surface area contributed by atoms with E-state index in [0.717, 1.165) is 6.07 Å². The number of benzene rings is 2. The lowest BCUT2D eigenvalue weighted by Gasteiger charge is -2.14. The second kappa shape index (κ2) is 6.52. The molecule has 1 aromatic heterocycles. The van der Waals surface area contributed by atoms with Crippen molar-refractivity contribution in [3.8, 4) is 11.1 Å². The minimum absolute atomic E-state index is 0.0797. The molecule has 0 saturated carbocycles. The number of fused-ring (bicyclic) bond motifs is 1. The van der Waals surface area contributed by atoms with Crippen molar-refractivity contribution in [2.45, 2.75) is 26.6 Å². The van der Waals surface area contributed by atoms with Crippen LogP contribution in [0.5, 0.6) is 0 Å². The Labute approximate surface area is 148 Å². The quantitative estimate of drug-likeness (QED) is 0.649. The van der Waals surface area contributed by atoms with Crippen molar-refractivity contribution in [3.63, 3.8) is 0 Å². The number of hydrogen-bond donors (Lipinski definition) is 1. The van der Waals surface area contributed by atoms with Gasteiger partial charge in [0.2, 0.25) is 0 Å². The van der Waals surface area contributed by atoms with Gasteiger partial charge in [-0.15, -0.1) is 0 Å². The fourth-order valence-corrected chi connectivity index (χ4v) is 3.16. The largest absolute Gasteiger partial charge is 0.478 e. The molecule has 3 aromatic rings. The van der Waals surface area contributed by atoms with E-state index in [1.54, 1.807) is 35.0 Å². The van der Waals surface area contributed by atoms with Crippen LogP contribution in [0.1, 0.15) is 29.8 Å². The summed E-state index contributed by atoms with van der Waals surface area (Å²) < 4.78 is 41.8. The van der Waals surface area contributed by atoms with Crippen LogP contribution in [-0.2, 0) is 12.7 Å². The van der Waals surface area contributed by atoms with E-state index in [1.807, 2.05) is 13.8 Å². The van der Waals surface area contributed by atoms with E-state index >= 15 is 0 Å². The third kappa shape index (κ3) is 3.31. The molecule has 0 aliphatic rings. The topological polar surface area (TPSA) is 42.2 Å². The van der Waals surface area contributed by atoms with Crippen LogP contribution in [0.25, 0.3) is 22.0 Å². The monoisotopic (exact) mass is 361 g/mol. The molecule has 0 bridgehead atoms. The summed E-state index contributed by atoms with van der Waals surface area (Å²) in [6, 6.07) is 10.2. The van der Waals surface area contributed by atoms with Gasteiger partial charge in [-0.05, 0) is 29.2 Å². The van der Waals surface area contributed by atoms with Crippen molar-refractivity contribution in [1.29, 1.82) is 0 Å². The van der Waals surface area contributed by atoms with Gasteiger partial charge in [0.1, 0.15) is 0 Å². The molecule has 2 aromatic carbocycles. The predicted octanol–water partition coefficient (Wildman–Crippen LogP) is 5.68. The maximum absolute atomic E-state index is 13.3. The Morgan fingerprint density at radius 2 is 1.85 bits per heavy atom. The molecule has 3 nitrogen and oxygen atoms in total. The van der Waals surface area contributed by atoms with E-state index in [9.17, 15) is 23.1 Å². The van der Waals surface area contributed by atoms with Gasteiger partial charge in [-0.2, -0.15) is 13.2 Å². The molecule has 0 saturated heterocycles. The highest BCUT2D eigenvalue weighted by molar-refractivity contribution is 6.04. The van der Waals surface area contributed by atoms with E-state index in [-0.39, 0.29) is 17.0 Å². The Morgan fingerprint density at radius 3 is 2.46 bits per heavy atom. The van der Waals surface area contributed by atoms with Gasteiger partial charge in [0.25, 0.3) is 0 Å². The first kappa shape index (κ1) is 18.0. The first-order valence-electron chi connectivity index (χ1n) is 8.21. The molecule has 0 aliphatic carbocycles. The number of hydrogen-bond acceptors (Lipinski definition) is 1. The summed E-state index contributed by atoms with van der Waals surface area (Å²) in [4.78, 5) is 11.5. The normalized spacial score (nSPS) is 12.1. The number of aromatic carboxylic acids is 1. The summed E-state index contributed by atoms with van der Waals surface area (Å²) in [5.41, 5.74) is 0.545. The van der Waals surface area contributed by atoms with Gasteiger partial charge in [-0.1, -0.05) is 44.2 Å². The molecule has 0 radical (unpaired) electrons. The van der Waals surface area contributed by atoms with E-state index in [0.29, 0.717) is 23.0 Å². The zero-order valence-corrected chi connectivity index (χ0v) is 14.3. The number of carbonyl (C=O) groups is 1. The summed E-state index contributed by atoms with van der Waals surface area (Å²) in [6.07, 6.45) is -2.91. The molecule has 0 atom stereocenters. The molecule has 0 fully saturated rings. The summed E-state index contributed by atoms with van der Waals surface area (Å²) in [7, 11) is 0. The molecular formula is C20H18F3NO2. The number of carboxylic acids is 1. The smallest absolute Gasteiger partial charge is 0.417 e. The van der Waals surface area contributed by atoms with Crippen molar-refractivity contribution in [2.75, 3.05) is 0 Å². The minimum Gasteiger partial charge on any atom is -0.478 e. The lowest BCUT2D eigenvalue weighted by Crippen LogP contribution is -2.07. The maximum Gasteiger partial charge on any atom is 0.417 e. The van der Waals surface area contributed by atoms with Crippen LogP contribution in [0.3, 0.4) is 0 Å². The lowest BCUT2D eigenvalue weighted by atomic mass is 9.98. The molecule has 0 aliphatic heterocycles. The Hall–Kier alpha value is -2.76. The van der Waals surface area contributed by atoms with Crippen molar-refractivity contribution in [3.05, 3.63) is 59.8 Å². The van der Waals surface area contributed by atoms with E-state index < -0.39 is 17.7 Å². The SMILES string of the molecule is CC(C)Cn1cc(C(=O)O)c2ccc(-c3ccccc3C(F)(F)F)cc21. The highest BCUT2D eigenvalue weighted by Gasteiger charge is 2.33. The average molecular weight is 361 g/mol. The number of rotatable bonds is 4. The second-order valence-electron chi connectivity index (χ2n) is 6.67. The third-order valence-corrected chi connectivity index (χ3v) is 4.22. The number of alkyl halides is 3. The van der Waals surface area contributed by atoms with Crippen LogP contribution in [0, 0.1) is 5.92 Å². The van der Waals surface area contributed by atoms with Crippen molar-refractivity contribution >= 4 is 16.9 Å². The standard InChI is InChI=1S/C20H18F3NO2/c1-12(2)10-24-11-16(19(25)26)15-8-7-13(9-18(15)24)14-5-3-4-6-17(14)20(21,22)23/h3-9,11-12H,10H2,1-2H3,(H,25,26). The third-order valence-electron chi connectivity index (χ3n) is 4.22. The summed E-state index contributed by atoms with van der Waals surface area (Å²) in [5.74, 6) is -0.792. The van der Waals surface area contributed by atoms with Crippen LogP contribution in [-0.4, -0.2) is 15.6 Å². The lowest BCUT2D eigenvalue weighted by molar-refractivity contribution is -0.137. The van der Waals surface area contributed by atoms with Crippen molar-refractivity contribution < 1.29 is 23.1 Å². The zero-order chi connectivity index (χ0) is 19.1. The first-order valence-corrected chi connectivity index (χ1v) is 8.21. The maximum atomic E-state index is 13.3. The average Bonchev–Trinajstić information content (AvgIpc) is 2.91. The van der Waals surface area contributed by atoms with Crippen LogP contribution in [0.2, 0.25) is 0 Å². The van der Waals surface area contributed by atoms with E-state index in [2.05, 4.69) is 0 Å². The molecule has 1 N–H and O–H groups in total. The van der Waals surface area contributed by atoms with Crippen LogP contribution in [0.4, 0.5) is 13.2 Å². The molecule has 0 spiro atoms. The molecule has 3 rings (SSSR count). The fraction of sp³-hybridized carbons (Fsp3) is 0.250. The zero-order valence-electron chi connectivity index (χ0n) is 14.3. The molecule has 26 heavy (non-hydrogen) atoms. The predicted molar refractivity (Wildman–Crippen MR) is 94.2 cm³/mol. The van der Waals surface area contributed by atoms with Gasteiger partial charge in [-0.3, -0.25) is 0 Å². The Morgan fingerprint density at radius 1 is 1.15 bits per heavy atom. The number of aromatic nitrogens is 1. The summed E-state index contributed by atoms with van der Waals surface area (Å²) in [5, 5.41) is 9.93. The number of carboxylic acid groups (broad SMARTS) is 1. The van der Waals surface area contributed by atoms with Gasteiger partial charge in [0.05, 0.1) is 11.1 Å². The fourth-order valence-electron chi connectivity index (χ4n) is 3.16. The van der Waals surface area contributed by atoms with Crippen LogP contribution < -0.4 is 0 Å². The molecule has 136 valence electrons. The van der Waals surface area contributed by atoms with Gasteiger partial charge >= 0.3 is 12.1 Å². The van der Waals surface area contributed by atoms with E-state index in [1.165, 1.54) is 12.1 Å². The second-order valence-corrected chi connectivity index (χ2v) is 6.67. The van der Waals surface area contributed by atoms with Gasteiger partial charge in [-0.25, -0.2) is 4.79 Å². The Kier molecular flexibility index (Phi) is 4.52. The number of nitrogens with zero attached hydrogens (tertiary/aromatic N) is 1. The minimum atomic E-state index is -4.46. The Balaban J connectivity index is 2.23. The van der Waals surface area contributed by atoms with E-state index in [4.69, 9.17) is 0 Å². The van der Waals surface area contributed by atoms with Gasteiger partial charge in [0, 0.05) is 23.6 Å². The first-order chi connectivity index (χ1) is 12.2. The Bertz CT molecular complexity index is 971. The van der Waals surface area contributed by atoms with Gasteiger partial charge in [0.15, 0.2) is 0 Å². The highest BCUT2D eigenvalue weighted by Crippen LogP contribution is 2.38. The van der Waals surface area contributed by atoms with Crippen molar-refractivity contribution in [2.24, 2.45) is 5.92 Å². The number of halogens is 3. The van der Waals surface area contributed by atoms with Crippen LogP contribution in [0.15, 0.2) is 48.7 Å². The highest BCUT2D eigenvalue weighted by atomic mass is 19.4. The summed E-state index contributed by atoms with van der Waals surface area (Å²) in [6.45, 7) is 4.57. The summed E-state index contributed by atoms with van der Waals surface area (Å²) >= 11 is 0. The molecule has 1 heterocycles. The molecule has 0 unspecified atom stereocenters. The van der Waals surface area contributed by atoms with Crippen molar-refractivity contribution in [1.82, 2.24) is 4.57 Å². The van der Waals surface area contributed by atoms with Gasteiger partial charge < -0.3 is 9.67 Å². The molecular weight excluding hydrogens is 343 g/mol. The molecule has 0 amide bonds. The van der Waals surface area contributed by atoms with Crippen LogP contribution >= 0.6 is 0 Å².